The molecule has 0 atom stereocenters. The van der Waals surface area contributed by atoms with Crippen molar-refractivity contribution < 1.29 is 4.92 Å². The van der Waals surface area contributed by atoms with Gasteiger partial charge in [-0.15, -0.1) is 0 Å². The van der Waals surface area contributed by atoms with Crippen molar-refractivity contribution in [3.8, 4) is 0 Å². The fraction of sp³-hybridized carbons (Fsp3) is 0.286. The molecule has 0 unspecified atom stereocenters. The molecule has 8 nitrogen and oxygen atoms in total. The average Bonchev–Trinajstić information content (AvgIpc) is 2.75. The predicted molar refractivity (Wildman–Crippen MR) is 112 cm³/mol. The Hall–Kier alpha value is -3.55. The van der Waals surface area contributed by atoms with Gasteiger partial charge in [-0.25, -0.2) is 10.4 Å². The molecule has 1 aliphatic rings. The average molecular weight is 391 g/mol. The molecule has 0 aliphatic heterocycles. The van der Waals surface area contributed by atoms with Gasteiger partial charge in [-0.2, -0.15) is 5.10 Å². The number of nitrogens with zero attached hydrogens (tertiary/aromatic N) is 4. The molecule has 0 bridgehead atoms. The van der Waals surface area contributed by atoms with Crippen LogP contribution in [0.5, 0.6) is 0 Å². The van der Waals surface area contributed by atoms with Gasteiger partial charge < -0.3 is 0 Å². The van der Waals surface area contributed by atoms with Crippen LogP contribution in [0.15, 0.2) is 58.4 Å². The molecule has 0 saturated heterocycles. The van der Waals surface area contributed by atoms with Crippen LogP contribution < -0.4 is 11.0 Å². The molecule has 0 amide bonds. The van der Waals surface area contributed by atoms with Gasteiger partial charge in [0.2, 0.25) is 5.95 Å². The van der Waals surface area contributed by atoms with Crippen molar-refractivity contribution in [3.05, 3.63) is 74.6 Å². The van der Waals surface area contributed by atoms with Crippen LogP contribution in [0.4, 0.5) is 11.6 Å². The van der Waals surface area contributed by atoms with Crippen molar-refractivity contribution in [2.75, 3.05) is 5.43 Å². The monoisotopic (exact) mass is 391 g/mol. The van der Waals surface area contributed by atoms with E-state index in [1.54, 1.807) is 29.0 Å². The van der Waals surface area contributed by atoms with E-state index in [0.29, 0.717) is 22.4 Å². The SMILES string of the molecule is O=c1c2ccccc2nc(N/N=C/c2ccc([N+](=O)[O-])cc2)n1C1CCCCC1. The number of non-ortho nitro benzene ring substituents is 1. The molecule has 8 heteroatoms. The first-order valence-corrected chi connectivity index (χ1v) is 9.68. The summed E-state index contributed by atoms with van der Waals surface area (Å²) in [6.45, 7) is 0. The number of benzene rings is 2. The summed E-state index contributed by atoms with van der Waals surface area (Å²) < 4.78 is 1.73. The second-order valence-electron chi connectivity index (χ2n) is 7.14. The molecule has 2 aromatic carbocycles. The molecule has 148 valence electrons. The summed E-state index contributed by atoms with van der Waals surface area (Å²) >= 11 is 0. The molecular weight excluding hydrogens is 370 g/mol. The van der Waals surface area contributed by atoms with E-state index in [1.807, 2.05) is 18.2 Å². The normalized spacial score (nSPS) is 15.0. The van der Waals surface area contributed by atoms with Gasteiger partial charge in [0.05, 0.1) is 22.0 Å². The van der Waals surface area contributed by atoms with E-state index in [-0.39, 0.29) is 17.3 Å². The van der Waals surface area contributed by atoms with Gasteiger partial charge in [0, 0.05) is 18.2 Å². The quantitative estimate of drug-likeness (QED) is 0.398. The minimum Gasteiger partial charge on any atom is -0.274 e. The van der Waals surface area contributed by atoms with E-state index in [9.17, 15) is 14.9 Å². The molecular formula is C21H21N5O3. The van der Waals surface area contributed by atoms with Gasteiger partial charge in [0.25, 0.3) is 11.2 Å². The Bertz CT molecular complexity index is 1120. The highest BCUT2D eigenvalue weighted by Crippen LogP contribution is 2.29. The fourth-order valence-electron chi connectivity index (χ4n) is 3.75. The van der Waals surface area contributed by atoms with Crippen molar-refractivity contribution in [1.82, 2.24) is 9.55 Å². The number of hydrazone groups is 1. The highest BCUT2D eigenvalue weighted by atomic mass is 16.6. The number of nitrogens with one attached hydrogen (secondary N) is 1. The standard InChI is InChI=1S/C21H21N5O3/c27-20-18-8-4-5-9-19(18)23-21(25(20)16-6-2-1-3-7-16)24-22-14-15-10-12-17(13-11-15)26(28)29/h4-5,8-14,16H,1-3,6-7H2,(H,23,24)/b22-14+. The molecule has 1 aromatic heterocycles. The minimum atomic E-state index is -0.443. The van der Waals surface area contributed by atoms with E-state index in [1.165, 1.54) is 18.6 Å². The summed E-state index contributed by atoms with van der Waals surface area (Å²) in [5, 5.41) is 15.6. The zero-order valence-corrected chi connectivity index (χ0v) is 15.8. The Morgan fingerprint density at radius 2 is 1.83 bits per heavy atom. The van der Waals surface area contributed by atoms with Gasteiger partial charge in [0.1, 0.15) is 0 Å². The Balaban J connectivity index is 1.66. The third kappa shape index (κ3) is 4.01. The number of hydrogen-bond acceptors (Lipinski definition) is 6. The summed E-state index contributed by atoms with van der Waals surface area (Å²) in [4.78, 5) is 28.1. The van der Waals surface area contributed by atoms with Crippen LogP contribution >= 0.6 is 0 Å². The second kappa shape index (κ2) is 8.22. The van der Waals surface area contributed by atoms with Gasteiger partial charge in [-0.05, 0) is 42.7 Å². The molecule has 0 spiro atoms. The van der Waals surface area contributed by atoms with Gasteiger partial charge in [0.15, 0.2) is 0 Å². The lowest BCUT2D eigenvalue weighted by Crippen LogP contribution is -2.29. The van der Waals surface area contributed by atoms with Crippen LogP contribution in [0.3, 0.4) is 0 Å². The van der Waals surface area contributed by atoms with Crippen LogP contribution in [-0.2, 0) is 0 Å². The summed E-state index contributed by atoms with van der Waals surface area (Å²) in [7, 11) is 0. The van der Waals surface area contributed by atoms with E-state index in [2.05, 4.69) is 15.5 Å². The van der Waals surface area contributed by atoms with E-state index in [4.69, 9.17) is 0 Å². The number of hydrogen-bond donors (Lipinski definition) is 1. The van der Waals surface area contributed by atoms with Crippen molar-refractivity contribution in [2.45, 2.75) is 38.1 Å². The first-order valence-electron chi connectivity index (χ1n) is 9.68. The van der Waals surface area contributed by atoms with E-state index in [0.717, 1.165) is 25.7 Å². The van der Waals surface area contributed by atoms with Crippen molar-refractivity contribution in [1.29, 1.82) is 0 Å². The summed E-state index contributed by atoms with van der Waals surface area (Å²) in [5.74, 6) is 0.416. The molecule has 3 aromatic rings. The lowest BCUT2D eigenvalue weighted by molar-refractivity contribution is -0.384. The molecule has 0 radical (unpaired) electrons. The lowest BCUT2D eigenvalue weighted by atomic mass is 9.95. The van der Waals surface area contributed by atoms with Crippen LogP contribution in [-0.4, -0.2) is 20.7 Å². The number of rotatable bonds is 5. The van der Waals surface area contributed by atoms with Crippen LogP contribution in [0.25, 0.3) is 10.9 Å². The smallest absolute Gasteiger partial charge is 0.269 e. The number of nitro groups is 1. The Labute approximate surface area is 167 Å². The molecule has 1 saturated carbocycles. The first-order chi connectivity index (χ1) is 14.1. The number of fused-ring (bicyclic) bond motifs is 1. The van der Waals surface area contributed by atoms with Crippen molar-refractivity contribution >= 4 is 28.8 Å². The predicted octanol–water partition coefficient (Wildman–Crippen LogP) is 4.26. The molecule has 1 fully saturated rings. The largest absolute Gasteiger partial charge is 0.274 e. The lowest BCUT2D eigenvalue weighted by Gasteiger charge is -2.25. The summed E-state index contributed by atoms with van der Waals surface area (Å²) in [6, 6.07) is 13.5. The summed E-state index contributed by atoms with van der Waals surface area (Å²) in [5.41, 5.74) is 4.21. The highest BCUT2D eigenvalue weighted by Gasteiger charge is 2.21. The zero-order chi connectivity index (χ0) is 20.2. The third-order valence-corrected chi connectivity index (χ3v) is 5.23. The zero-order valence-electron chi connectivity index (χ0n) is 15.8. The Kier molecular flexibility index (Phi) is 5.33. The molecule has 29 heavy (non-hydrogen) atoms. The maximum atomic E-state index is 13.2. The van der Waals surface area contributed by atoms with Crippen molar-refractivity contribution in [2.24, 2.45) is 5.10 Å². The van der Waals surface area contributed by atoms with E-state index >= 15 is 0 Å². The van der Waals surface area contributed by atoms with Crippen LogP contribution in [0.2, 0.25) is 0 Å². The van der Waals surface area contributed by atoms with Crippen LogP contribution in [0, 0.1) is 10.1 Å². The topological polar surface area (TPSA) is 102 Å². The minimum absolute atomic E-state index is 0.0254. The molecule has 1 heterocycles. The molecule has 1 N–H and O–H groups in total. The molecule has 1 aliphatic carbocycles. The fourth-order valence-corrected chi connectivity index (χ4v) is 3.75. The van der Waals surface area contributed by atoms with Gasteiger partial charge >= 0.3 is 0 Å². The number of para-hydroxylation sites is 1. The second-order valence-corrected chi connectivity index (χ2v) is 7.14. The van der Waals surface area contributed by atoms with Crippen molar-refractivity contribution in [3.63, 3.8) is 0 Å². The Morgan fingerprint density at radius 3 is 2.55 bits per heavy atom. The maximum Gasteiger partial charge on any atom is 0.269 e. The van der Waals surface area contributed by atoms with E-state index < -0.39 is 4.92 Å². The number of aromatic nitrogens is 2. The maximum absolute atomic E-state index is 13.2. The summed E-state index contributed by atoms with van der Waals surface area (Å²) in [6.07, 6.45) is 6.82. The number of nitro benzene ring substituents is 1. The first kappa shape index (κ1) is 18.8. The van der Waals surface area contributed by atoms with Gasteiger partial charge in [-0.1, -0.05) is 31.4 Å². The Morgan fingerprint density at radius 1 is 1.10 bits per heavy atom. The third-order valence-electron chi connectivity index (χ3n) is 5.23. The van der Waals surface area contributed by atoms with Gasteiger partial charge in [-0.3, -0.25) is 19.5 Å². The molecule has 4 rings (SSSR count). The highest BCUT2D eigenvalue weighted by molar-refractivity contribution is 5.81. The van der Waals surface area contributed by atoms with Crippen LogP contribution in [0.1, 0.15) is 43.7 Å². The number of anilines is 1.